The van der Waals surface area contributed by atoms with E-state index < -0.39 is 0 Å². The number of nitrogens with zero attached hydrogens (tertiary/aromatic N) is 1. The van der Waals surface area contributed by atoms with Gasteiger partial charge in [0, 0.05) is 18.1 Å². The molecule has 2 nitrogen and oxygen atoms in total. The van der Waals surface area contributed by atoms with E-state index in [-0.39, 0.29) is 0 Å². The van der Waals surface area contributed by atoms with Gasteiger partial charge in [-0.05, 0) is 52.6 Å². The zero-order valence-electron chi connectivity index (χ0n) is 11.6. The van der Waals surface area contributed by atoms with E-state index in [1.807, 2.05) is 0 Å². The third kappa shape index (κ3) is 4.84. The quantitative estimate of drug-likeness (QED) is 0.700. The Labute approximate surface area is 102 Å². The fraction of sp³-hybridized carbons (Fsp3) is 1.00. The Hall–Kier alpha value is -0.0800. The lowest BCUT2D eigenvalue weighted by molar-refractivity contribution is 0.101. The van der Waals surface area contributed by atoms with E-state index in [0.29, 0.717) is 6.04 Å². The lowest BCUT2D eigenvalue weighted by atomic mass is 9.97. The van der Waals surface area contributed by atoms with Crippen molar-refractivity contribution in [3.05, 3.63) is 0 Å². The number of unbranched alkanes of at least 4 members (excludes halogenated alkanes) is 1. The first-order valence-electron chi connectivity index (χ1n) is 7.10. The van der Waals surface area contributed by atoms with E-state index >= 15 is 0 Å². The Morgan fingerprint density at radius 1 is 1.12 bits per heavy atom. The van der Waals surface area contributed by atoms with Crippen LogP contribution in [-0.2, 0) is 0 Å². The molecule has 0 aromatic heterocycles. The van der Waals surface area contributed by atoms with Gasteiger partial charge < -0.3 is 5.32 Å². The third-order valence-corrected chi connectivity index (χ3v) is 3.77. The van der Waals surface area contributed by atoms with Crippen molar-refractivity contribution in [1.29, 1.82) is 0 Å². The zero-order valence-corrected chi connectivity index (χ0v) is 11.6. The molecule has 1 aliphatic rings. The Morgan fingerprint density at radius 2 is 1.75 bits per heavy atom. The van der Waals surface area contributed by atoms with Crippen LogP contribution in [0.15, 0.2) is 0 Å². The highest BCUT2D eigenvalue weighted by atomic mass is 15.2. The molecular weight excluding hydrogens is 196 g/mol. The van der Waals surface area contributed by atoms with Crippen LogP contribution in [0.2, 0.25) is 0 Å². The van der Waals surface area contributed by atoms with Crippen LogP contribution in [0.5, 0.6) is 0 Å². The third-order valence-electron chi connectivity index (χ3n) is 3.77. The minimum atomic E-state index is 0.632. The Bertz CT molecular complexity index is 170. The van der Waals surface area contributed by atoms with Gasteiger partial charge in [-0.2, -0.15) is 0 Å². The predicted octanol–water partition coefficient (Wildman–Crippen LogP) is 3.03. The van der Waals surface area contributed by atoms with E-state index in [9.17, 15) is 0 Å². The molecule has 1 fully saturated rings. The number of piperidine rings is 1. The van der Waals surface area contributed by atoms with Crippen molar-refractivity contribution >= 4 is 0 Å². The minimum Gasteiger partial charge on any atom is -0.315 e. The van der Waals surface area contributed by atoms with Gasteiger partial charge in [0.1, 0.15) is 0 Å². The predicted molar refractivity (Wildman–Crippen MR) is 71.9 cm³/mol. The summed E-state index contributed by atoms with van der Waals surface area (Å²) in [5.74, 6) is 0. The molecular formula is C14H30N2. The average molecular weight is 226 g/mol. The maximum absolute atomic E-state index is 3.49. The summed E-state index contributed by atoms with van der Waals surface area (Å²) in [7, 11) is 0. The van der Waals surface area contributed by atoms with E-state index in [1.54, 1.807) is 0 Å². The Morgan fingerprint density at radius 3 is 2.31 bits per heavy atom. The zero-order chi connectivity index (χ0) is 12.0. The fourth-order valence-electron chi connectivity index (χ4n) is 2.73. The van der Waals surface area contributed by atoms with Crippen molar-refractivity contribution in [1.82, 2.24) is 10.2 Å². The van der Waals surface area contributed by atoms with Gasteiger partial charge in [-0.1, -0.05) is 20.3 Å². The summed E-state index contributed by atoms with van der Waals surface area (Å²) < 4.78 is 0. The second kappa shape index (κ2) is 7.29. The molecule has 96 valence electrons. The van der Waals surface area contributed by atoms with Crippen molar-refractivity contribution < 1.29 is 0 Å². The molecule has 0 unspecified atom stereocenters. The highest BCUT2D eigenvalue weighted by molar-refractivity contribution is 4.79. The maximum atomic E-state index is 3.49. The van der Waals surface area contributed by atoms with E-state index in [4.69, 9.17) is 0 Å². The Kier molecular flexibility index (Phi) is 6.37. The smallest absolute Gasteiger partial charge is 0.00697 e. The summed E-state index contributed by atoms with van der Waals surface area (Å²) >= 11 is 0. The summed E-state index contributed by atoms with van der Waals surface area (Å²) in [5, 5.41) is 3.49. The number of hydrogen-bond donors (Lipinski definition) is 1. The first-order valence-corrected chi connectivity index (χ1v) is 7.10. The molecule has 2 atom stereocenters. The summed E-state index contributed by atoms with van der Waals surface area (Å²) in [4.78, 5) is 2.71. The highest BCUT2D eigenvalue weighted by Gasteiger charge is 2.23. The number of hydrogen-bond acceptors (Lipinski definition) is 2. The summed E-state index contributed by atoms with van der Waals surface area (Å²) in [6, 6.07) is 2.25. The second-order valence-electron chi connectivity index (χ2n) is 5.68. The molecule has 1 rings (SSSR count). The maximum Gasteiger partial charge on any atom is 0.00697 e. The molecule has 0 aliphatic carbocycles. The summed E-state index contributed by atoms with van der Waals surface area (Å²) in [6.07, 6.45) is 6.87. The first-order chi connectivity index (χ1) is 7.61. The standard InChI is InChI=1S/C14H30N2/c1-12(2)15-10-5-6-11-16-13(3)8-7-9-14(16)4/h12-15H,5-11H2,1-4H3/t13-,14+. The molecule has 16 heavy (non-hydrogen) atoms. The van der Waals surface area contributed by atoms with Crippen molar-refractivity contribution in [2.45, 2.75) is 77.9 Å². The van der Waals surface area contributed by atoms with Crippen molar-refractivity contribution in [3.8, 4) is 0 Å². The first kappa shape index (κ1) is 14.0. The van der Waals surface area contributed by atoms with Gasteiger partial charge in [-0.3, -0.25) is 4.90 Å². The van der Waals surface area contributed by atoms with Crippen LogP contribution in [-0.4, -0.2) is 36.1 Å². The average Bonchev–Trinajstić information content (AvgIpc) is 2.21. The van der Waals surface area contributed by atoms with Crippen molar-refractivity contribution in [2.24, 2.45) is 0 Å². The van der Waals surface area contributed by atoms with Crippen LogP contribution in [0.1, 0.15) is 59.8 Å². The van der Waals surface area contributed by atoms with Gasteiger partial charge in [-0.25, -0.2) is 0 Å². The van der Waals surface area contributed by atoms with Crippen LogP contribution in [0.4, 0.5) is 0 Å². The van der Waals surface area contributed by atoms with Crippen LogP contribution in [0.3, 0.4) is 0 Å². The SMILES string of the molecule is CC(C)NCCCCN1[C@H](C)CCC[C@@H]1C. The van der Waals surface area contributed by atoms with E-state index in [1.165, 1.54) is 45.2 Å². The summed E-state index contributed by atoms with van der Waals surface area (Å²) in [6.45, 7) is 11.7. The Balaban J connectivity index is 2.10. The topological polar surface area (TPSA) is 15.3 Å². The van der Waals surface area contributed by atoms with Gasteiger partial charge in [0.15, 0.2) is 0 Å². The molecule has 0 spiro atoms. The molecule has 0 radical (unpaired) electrons. The van der Waals surface area contributed by atoms with Crippen LogP contribution in [0.25, 0.3) is 0 Å². The number of rotatable bonds is 6. The van der Waals surface area contributed by atoms with Crippen LogP contribution >= 0.6 is 0 Å². The largest absolute Gasteiger partial charge is 0.315 e. The van der Waals surface area contributed by atoms with Crippen molar-refractivity contribution in [3.63, 3.8) is 0 Å². The fourth-order valence-corrected chi connectivity index (χ4v) is 2.73. The lowest BCUT2D eigenvalue weighted by Crippen LogP contribution is -2.44. The van der Waals surface area contributed by atoms with Gasteiger partial charge in [0.25, 0.3) is 0 Å². The molecule has 1 N–H and O–H groups in total. The second-order valence-corrected chi connectivity index (χ2v) is 5.68. The monoisotopic (exact) mass is 226 g/mol. The summed E-state index contributed by atoms with van der Waals surface area (Å²) in [5.41, 5.74) is 0. The molecule has 2 heteroatoms. The molecule has 1 saturated heterocycles. The molecule has 0 aromatic rings. The van der Waals surface area contributed by atoms with Gasteiger partial charge in [0.2, 0.25) is 0 Å². The lowest BCUT2D eigenvalue weighted by Gasteiger charge is -2.39. The number of likely N-dealkylation sites (tertiary alicyclic amines) is 1. The highest BCUT2D eigenvalue weighted by Crippen LogP contribution is 2.22. The van der Waals surface area contributed by atoms with E-state index in [2.05, 4.69) is 37.9 Å². The normalized spacial score (nSPS) is 27.6. The van der Waals surface area contributed by atoms with Crippen molar-refractivity contribution in [2.75, 3.05) is 13.1 Å². The van der Waals surface area contributed by atoms with Crippen LogP contribution in [0, 0.1) is 0 Å². The van der Waals surface area contributed by atoms with E-state index in [0.717, 1.165) is 12.1 Å². The molecule has 0 amide bonds. The van der Waals surface area contributed by atoms with Crippen LogP contribution < -0.4 is 5.32 Å². The molecule has 1 aliphatic heterocycles. The molecule has 0 aromatic carbocycles. The molecule has 0 saturated carbocycles. The van der Waals surface area contributed by atoms with Gasteiger partial charge >= 0.3 is 0 Å². The van der Waals surface area contributed by atoms with Gasteiger partial charge in [-0.15, -0.1) is 0 Å². The molecule has 1 heterocycles. The van der Waals surface area contributed by atoms with Gasteiger partial charge in [0.05, 0.1) is 0 Å². The minimum absolute atomic E-state index is 0.632. The number of nitrogens with one attached hydrogen (secondary N) is 1. The molecule has 0 bridgehead atoms.